The van der Waals surface area contributed by atoms with Crippen molar-refractivity contribution in [3.8, 4) is 0 Å². The van der Waals surface area contributed by atoms with Crippen molar-refractivity contribution in [1.82, 2.24) is 0 Å². The molecule has 450 valence electrons. The molecule has 0 rings (SSSR count). The smallest absolute Gasteiger partial charge is 0.309 e. The summed E-state index contributed by atoms with van der Waals surface area (Å²) in [4.78, 5) is 38.3. The van der Waals surface area contributed by atoms with Gasteiger partial charge >= 0.3 is 17.9 Å². The molecule has 6 heteroatoms. The van der Waals surface area contributed by atoms with Gasteiger partial charge in [-0.25, -0.2) is 0 Å². The number of carbonyl (C=O) groups excluding carboxylic acids is 3. The molecule has 0 N–H and O–H groups in total. The van der Waals surface area contributed by atoms with Crippen molar-refractivity contribution in [3.63, 3.8) is 0 Å². The van der Waals surface area contributed by atoms with Gasteiger partial charge in [-0.3, -0.25) is 14.4 Å². The maximum absolute atomic E-state index is 12.9. The molecule has 0 bridgehead atoms. The first-order valence-electron chi connectivity index (χ1n) is 33.0. The lowest BCUT2D eigenvalue weighted by Gasteiger charge is -2.18. The lowest BCUT2D eigenvalue weighted by molar-refractivity contribution is -0.166. The number of hydrogen-bond donors (Lipinski definition) is 0. The molecule has 1 atom stereocenters. The second-order valence-corrected chi connectivity index (χ2v) is 21.6. The van der Waals surface area contributed by atoms with E-state index in [1.165, 1.54) is 154 Å². The molecule has 1 unspecified atom stereocenters. The Balaban J connectivity index is 4.41. The van der Waals surface area contributed by atoms with Gasteiger partial charge < -0.3 is 14.2 Å². The summed E-state index contributed by atoms with van der Waals surface area (Å²) >= 11 is 0. The van der Waals surface area contributed by atoms with E-state index >= 15 is 0 Å². The maximum atomic E-state index is 12.9. The van der Waals surface area contributed by atoms with E-state index in [0.29, 0.717) is 12.8 Å². The van der Waals surface area contributed by atoms with E-state index < -0.39 is 12.1 Å². The highest BCUT2D eigenvalue weighted by Crippen LogP contribution is 2.17. The zero-order chi connectivity index (χ0) is 57.1. The molecule has 0 aromatic carbocycles. The number of unbranched alkanes of at least 4 members (excludes halogenated alkanes) is 29. The highest BCUT2D eigenvalue weighted by Gasteiger charge is 2.19. The summed E-state index contributed by atoms with van der Waals surface area (Å²) in [7, 11) is 0. The molecular formula is C73H122O6. The molecule has 0 aliphatic carbocycles. The topological polar surface area (TPSA) is 78.9 Å². The minimum atomic E-state index is -0.823. The Bertz CT molecular complexity index is 1640. The SMILES string of the molecule is CC/C=C\C/C=C\C/C=C\C/C=C\C/C=C\CCCCCCCCCCCC(=O)OCC(COC(=O)C/C=C\C/C=C\C/C=C\C/C=C\C/C=C\CC)OC(=O)CCCCCCCCCCCCCCCCCCCCCCC. The molecule has 0 spiro atoms. The molecule has 0 saturated heterocycles. The zero-order valence-electron chi connectivity index (χ0n) is 51.6. The number of esters is 3. The fraction of sp³-hybridized carbons (Fsp3) is 0.685. The Hall–Kier alpha value is -4.19. The number of ether oxygens (including phenoxy) is 3. The average molecular weight is 1100 g/mol. The highest BCUT2D eigenvalue weighted by atomic mass is 16.6. The van der Waals surface area contributed by atoms with E-state index in [1.54, 1.807) is 6.08 Å². The number of hydrogen-bond acceptors (Lipinski definition) is 6. The third-order valence-corrected chi connectivity index (χ3v) is 14.0. The number of rotatable bonds is 59. The molecule has 0 aromatic heterocycles. The largest absolute Gasteiger partial charge is 0.462 e. The molecule has 0 aromatic rings. The molecule has 0 radical (unpaired) electrons. The van der Waals surface area contributed by atoms with Crippen LogP contribution in [0.3, 0.4) is 0 Å². The minimum absolute atomic E-state index is 0.111. The van der Waals surface area contributed by atoms with Crippen LogP contribution in [0.1, 0.15) is 303 Å². The van der Waals surface area contributed by atoms with Crippen LogP contribution in [-0.4, -0.2) is 37.2 Å². The molecule has 0 heterocycles. The van der Waals surface area contributed by atoms with Crippen LogP contribution in [0.15, 0.2) is 122 Å². The highest BCUT2D eigenvalue weighted by molar-refractivity contribution is 5.72. The Kier molecular flexibility index (Phi) is 62.8. The summed E-state index contributed by atoms with van der Waals surface area (Å²) in [5, 5.41) is 0. The van der Waals surface area contributed by atoms with Crippen molar-refractivity contribution in [1.29, 1.82) is 0 Å². The van der Waals surface area contributed by atoms with Crippen molar-refractivity contribution < 1.29 is 28.6 Å². The van der Waals surface area contributed by atoms with Gasteiger partial charge in [0.2, 0.25) is 0 Å². The molecule has 6 nitrogen and oxygen atoms in total. The predicted molar refractivity (Wildman–Crippen MR) is 343 cm³/mol. The summed E-state index contributed by atoms with van der Waals surface area (Å²) in [6.07, 6.45) is 92.4. The Morgan fingerprint density at radius 3 is 0.886 bits per heavy atom. The summed E-state index contributed by atoms with van der Waals surface area (Å²) in [5.74, 6) is -1.04. The zero-order valence-corrected chi connectivity index (χ0v) is 51.6. The van der Waals surface area contributed by atoms with Crippen LogP contribution in [0, 0.1) is 0 Å². The van der Waals surface area contributed by atoms with Crippen molar-refractivity contribution >= 4 is 17.9 Å². The summed E-state index contributed by atoms with van der Waals surface area (Å²) in [5.41, 5.74) is 0. The van der Waals surface area contributed by atoms with Gasteiger partial charge in [0.25, 0.3) is 0 Å². The first-order chi connectivity index (χ1) is 39.0. The Morgan fingerprint density at radius 1 is 0.278 bits per heavy atom. The molecular weight excluding hydrogens is 973 g/mol. The standard InChI is InChI=1S/C73H122O6/c1-4-7-10-13-16-19-22-25-28-30-32-34-35-36-37-39-40-42-45-48-51-54-57-60-63-66-72(75)78-69-70(68-77-71(74)65-62-59-56-53-50-47-44-27-24-21-18-15-12-9-6-3)79-73(76)67-64-61-58-55-52-49-46-43-41-38-33-31-29-26-23-20-17-14-11-8-5-2/h7,9-10,12,16,18-19,21,25,27-28,32,34,36-37,44,50,53,59,62,70H,4-6,8,11,13-15,17,20,22-24,26,29-31,33,35,38-43,45-49,51-52,54-58,60-61,63-69H2,1-3H3/b10-7-,12-9-,19-16-,21-18-,28-25-,34-32-,37-36-,44-27-,53-50-,62-59-. The molecule has 0 aliphatic heterocycles. The van der Waals surface area contributed by atoms with Gasteiger partial charge in [-0.1, -0.05) is 316 Å². The van der Waals surface area contributed by atoms with Gasteiger partial charge in [-0.2, -0.15) is 0 Å². The van der Waals surface area contributed by atoms with E-state index in [1.807, 2.05) is 6.08 Å². The quantitative estimate of drug-likeness (QED) is 0.0261. The third kappa shape index (κ3) is 64.5. The first-order valence-corrected chi connectivity index (χ1v) is 33.0. The molecule has 0 aliphatic rings. The molecule has 0 fully saturated rings. The van der Waals surface area contributed by atoms with Gasteiger partial charge in [-0.15, -0.1) is 0 Å². The van der Waals surface area contributed by atoms with Crippen molar-refractivity contribution in [2.75, 3.05) is 13.2 Å². The lowest BCUT2D eigenvalue weighted by Crippen LogP contribution is -2.30. The van der Waals surface area contributed by atoms with Crippen LogP contribution in [0.2, 0.25) is 0 Å². The Labute approximate surface area is 488 Å². The monoisotopic (exact) mass is 1090 g/mol. The molecule has 79 heavy (non-hydrogen) atoms. The second-order valence-electron chi connectivity index (χ2n) is 21.6. The predicted octanol–water partition coefficient (Wildman–Crippen LogP) is 22.8. The molecule has 0 saturated carbocycles. The van der Waals surface area contributed by atoms with Crippen molar-refractivity contribution in [2.45, 2.75) is 309 Å². The normalized spacial score (nSPS) is 12.9. The summed E-state index contributed by atoms with van der Waals surface area (Å²) in [6.45, 7) is 6.35. The van der Waals surface area contributed by atoms with E-state index in [2.05, 4.69) is 130 Å². The lowest BCUT2D eigenvalue weighted by atomic mass is 10.0. The van der Waals surface area contributed by atoms with Crippen molar-refractivity contribution in [2.24, 2.45) is 0 Å². The minimum Gasteiger partial charge on any atom is -0.462 e. The Morgan fingerprint density at radius 2 is 0.544 bits per heavy atom. The van der Waals surface area contributed by atoms with Crippen LogP contribution < -0.4 is 0 Å². The van der Waals surface area contributed by atoms with Gasteiger partial charge in [0.05, 0.1) is 6.42 Å². The van der Waals surface area contributed by atoms with Crippen LogP contribution in [0.4, 0.5) is 0 Å². The average Bonchev–Trinajstić information content (AvgIpc) is 3.45. The van der Waals surface area contributed by atoms with Crippen LogP contribution >= 0.6 is 0 Å². The van der Waals surface area contributed by atoms with Crippen LogP contribution in [0.25, 0.3) is 0 Å². The van der Waals surface area contributed by atoms with E-state index in [0.717, 1.165) is 109 Å². The summed E-state index contributed by atoms with van der Waals surface area (Å²) in [6, 6.07) is 0. The van der Waals surface area contributed by atoms with Crippen LogP contribution in [-0.2, 0) is 28.6 Å². The fourth-order valence-corrected chi connectivity index (χ4v) is 9.13. The van der Waals surface area contributed by atoms with E-state index in [-0.39, 0.29) is 31.6 Å². The van der Waals surface area contributed by atoms with Crippen LogP contribution in [0.5, 0.6) is 0 Å². The fourth-order valence-electron chi connectivity index (χ4n) is 9.13. The number of carbonyl (C=O) groups is 3. The first kappa shape index (κ1) is 74.8. The molecule has 0 amide bonds. The third-order valence-electron chi connectivity index (χ3n) is 14.0. The second kappa shape index (κ2) is 66.3. The van der Waals surface area contributed by atoms with Gasteiger partial charge in [-0.05, 0) is 89.9 Å². The van der Waals surface area contributed by atoms with E-state index in [4.69, 9.17) is 14.2 Å². The van der Waals surface area contributed by atoms with Gasteiger partial charge in [0, 0.05) is 12.8 Å². The van der Waals surface area contributed by atoms with Gasteiger partial charge in [0.15, 0.2) is 6.10 Å². The number of allylic oxidation sites excluding steroid dienone is 19. The van der Waals surface area contributed by atoms with Crippen molar-refractivity contribution in [3.05, 3.63) is 122 Å². The van der Waals surface area contributed by atoms with E-state index in [9.17, 15) is 14.4 Å². The maximum Gasteiger partial charge on any atom is 0.309 e. The van der Waals surface area contributed by atoms with Gasteiger partial charge in [0.1, 0.15) is 13.2 Å². The summed E-state index contributed by atoms with van der Waals surface area (Å²) < 4.78 is 16.8.